The molecular formula is C18H21F2N7O2. The molecule has 0 amide bonds. The van der Waals surface area contributed by atoms with Gasteiger partial charge in [-0.3, -0.25) is 0 Å². The van der Waals surface area contributed by atoms with Crippen molar-refractivity contribution in [1.29, 1.82) is 0 Å². The zero-order valence-corrected chi connectivity index (χ0v) is 15.7. The van der Waals surface area contributed by atoms with E-state index in [-0.39, 0.29) is 16.9 Å². The van der Waals surface area contributed by atoms with Crippen molar-refractivity contribution >= 4 is 17.7 Å². The standard InChI is InChI=1S/C18H21F2N7O2/c19-15(20)14-11(6-22-16(21)25-14)12-5-13(27-7-18(8-27)9-29-10-18)24-17(23-12)26-1-3-28-4-2-26/h5-6,15H,1-4,7-10H2,(H2,21,22,25). The zero-order chi connectivity index (χ0) is 20.0. The van der Waals surface area contributed by atoms with Gasteiger partial charge >= 0.3 is 0 Å². The third kappa shape index (κ3) is 3.33. The number of ether oxygens (including phenoxy) is 2. The minimum absolute atomic E-state index is 0.162. The summed E-state index contributed by atoms with van der Waals surface area (Å²) < 4.78 is 37.9. The van der Waals surface area contributed by atoms with E-state index >= 15 is 0 Å². The highest BCUT2D eigenvalue weighted by Gasteiger charge is 2.49. The highest BCUT2D eigenvalue weighted by atomic mass is 19.3. The monoisotopic (exact) mass is 405 g/mol. The molecule has 0 aliphatic carbocycles. The summed E-state index contributed by atoms with van der Waals surface area (Å²) >= 11 is 0. The first kappa shape index (κ1) is 18.4. The Balaban J connectivity index is 1.54. The Labute approximate surface area is 165 Å². The van der Waals surface area contributed by atoms with Gasteiger partial charge in [-0.25, -0.2) is 23.7 Å². The number of aromatic nitrogens is 4. The summed E-state index contributed by atoms with van der Waals surface area (Å²) in [5.74, 6) is 0.996. The fourth-order valence-corrected chi connectivity index (χ4v) is 3.90. The molecule has 5 rings (SSSR count). The van der Waals surface area contributed by atoms with E-state index in [0.717, 1.165) is 26.3 Å². The molecule has 0 atom stereocenters. The summed E-state index contributed by atoms with van der Waals surface area (Å²) in [6.45, 7) is 5.57. The van der Waals surface area contributed by atoms with Crippen LogP contribution >= 0.6 is 0 Å². The number of anilines is 3. The molecule has 3 aliphatic rings. The molecule has 2 N–H and O–H groups in total. The average molecular weight is 405 g/mol. The molecule has 11 heteroatoms. The maximum absolute atomic E-state index is 13.6. The lowest BCUT2D eigenvalue weighted by Gasteiger charge is -2.55. The van der Waals surface area contributed by atoms with Crippen LogP contribution in [-0.2, 0) is 9.47 Å². The zero-order valence-electron chi connectivity index (χ0n) is 15.7. The quantitative estimate of drug-likeness (QED) is 0.802. The predicted octanol–water partition coefficient (Wildman–Crippen LogP) is 1.13. The van der Waals surface area contributed by atoms with Crippen molar-refractivity contribution in [2.24, 2.45) is 5.41 Å². The molecule has 0 bridgehead atoms. The molecule has 0 saturated carbocycles. The van der Waals surface area contributed by atoms with Gasteiger partial charge in [0, 0.05) is 44.0 Å². The van der Waals surface area contributed by atoms with Crippen LogP contribution in [0.25, 0.3) is 11.3 Å². The van der Waals surface area contributed by atoms with Crippen LogP contribution in [0.4, 0.5) is 26.5 Å². The van der Waals surface area contributed by atoms with E-state index in [4.69, 9.17) is 20.2 Å². The van der Waals surface area contributed by atoms with Crippen molar-refractivity contribution < 1.29 is 18.3 Å². The van der Waals surface area contributed by atoms with Crippen molar-refractivity contribution in [3.05, 3.63) is 18.0 Å². The summed E-state index contributed by atoms with van der Waals surface area (Å²) in [6, 6.07) is 1.72. The van der Waals surface area contributed by atoms with Crippen LogP contribution in [0.2, 0.25) is 0 Å². The lowest BCUT2D eigenvalue weighted by molar-refractivity contribution is -0.127. The molecule has 154 valence electrons. The predicted molar refractivity (Wildman–Crippen MR) is 101 cm³/mol. The molecule has 2 aromatic rings. The number of hydrogen-bond acceptors (Lipinski definition) is 9. The average Bonchev–Trinajstić information content (AvgIpc) is 2.66. The Hall–Kier alpha value is -2.66. The second-order valence-electron chi connectivity index (χ2n) is 7.69. The third-order valence-corrected chi connectivity index (χ3v) is 5.51. The van der Waals surface area contributed by atoms with E-state index in [1.54, 1.807) is 6.07 Å². The van der Waals surface area contributed by atoms with Gasteiger partial charge in [-0.1, -0.05) is 0 Å². The van der Waals surface area contributed by atoms with Gasteiger partial charge in [0.25, 0.3) is 6.43 Å². The van der Waals surface area contributed by atoms with Gasteiger partial charge in [0.15, 0.2) is 0 Å². The minimum atomic E-state index is -2.79. The second kappa shape index (κ2) is 6.99. The maximum Gasteiger partial charge on any atom is 0.281 e. The fourth-order valence-electron chi connectivity index (χ4n) is 3.90. The number of rotatable bonds is 4. The molecule has 9 nitrogen and oxygen atoms in total. The normalized spacial score (nSPS) is 20.7. The molecule has 2 aromatic heterocycles. The van der Waals surface area contributed by atoms with E-state index in [2.05, 4.69) is 19.9 Å². The minimum Gasteiger partial charge on any atom is -0.380 e. The largest absolute Gasteiger partial charge is 0.380 e. The number of alkyl halides is 2. The molecule has 3 saturated heterocycles. The number of nitrogens with zero attached hydrogens (tertiary/aromatic N) is 6. The molecule has 3 aliphatic heterocycles. The highest BCUT2D eigenvalue weighted by Crippen LogP contribution is 2.41. The smallest absolute Gasteiger partial charge is 0.281 e. The molecule has 1 spiro atoms. The topological polar surface area (TPSA) is 103 Å². The molecule has 0 radical (unpaired) electrons. The Morgan fingerprint density at radius 3 is 2.45 bits per heavy atom. The van der Waals surface area contributed by atoms with Crippen molar-refractivity contribution in [2.75, 3.05) is 68.1 Å². The first-order valence-electron chi connectivity index (χ1n) is 9.48. The summed E-state index contributed by atoms with van der Waals surface area (Å²) in [4.78, 5) is 21.0. The molecular weight excluding hydrogens is 384 g/mol. The Morgan fingerprint density at radius 2 is 1.79 bits per heavy atom. The molecule has 0 unspecified atom stereocenters. The first-order chi connectivity index (χ1) is 14.0. The summed E-state index contributed by atoms with van der Waals surface area (Å²) in [5.41, 5.74) is 5.81. The van der Waals surface area contributed by atoms with E-state index in [0.29, 0.717) is 43.8 Å². The van der Waals surface area contributed by atoms with Gasteiger partial charge in [-0.2, -0.15) is 4.98 Å². The summed E-state index contributed by atoms with van der Waals surface area (Å²) in [6.07, 6.45) is -1.49. The maximum atomic E-state index is 13.6. The van der Waals surface area contributed by atoms with Gasteiger partial charge in [-0.05, 0) is 0 Å². The number of nitrogen functional groups attached to an aromatic ring is 1. The van der Waals surface area contributed by atoms with Gasteiger partial charge in [0.2, 0.25) is 11.9 Å². The van der Waals surface area contributed by atoms with Crippen molar-refractivity contribution in [2.45, 2.75) is 6.43 Å². The van der Waals surface area contributed by atoms with Crippen molar-refractivity contribution in [3.8, 4) is 11.3 Å². The molecule has 5 heterocycles. The van der Waals surface area contributed by atoms with Gasteiger partial charge in [0.05, 0.1) is 37.5 Å². The van der Waals surface area contributed by atoms with Crippen LogP contribution in [0.5, 0.6) is 0 Å². The van der Waals surface area contributed by atoms with Crippen LogP contribution in [0.3, 0.4) is 0 Å². The summed E-state index contributed by atoms with van der Waals surface area (Å²) in [7, 11) is 0. The SMILES string of the molecule is Nc1ncc(-c2cc(N3CC4(COC4)C3)nc(N3CCOCC3)n2)c(C(F)F)n1. The van der Waals surface area contributed by atoms with Gasteiger partial charge in [0.1, 0.15) is 11.5 Å². The van der Waals surface area contributed by atoms with E-state index in [1.165, 1.54) is 6.20 Å². The molecule has 29 heavy (non-hydrogen) atoms. The van der Waals surface area contributed by atoms with Crippen LogP contribution in [0, 0.1) is 5.41 Å². The lowest BCUT2D eigenvalue weighted by atomic mass is 9.78. The Kier molecular flexibility index (Phi) is 4.43. The van der Waals surface area contributed by atoms with E-state index < -0.39 is 12.1 Å². The summed E-state index contributed by atoms with van der Waals surface area (Å²) in [5, 5.41) is 0. The number of hydrogen-bond donors (Lipinski definition) is 1. The second-order valence-corrected chi connectivity index (χ2v) is 7.69. The lowest BCUT2D eigenvalue weighted by Crippen LogP contribution is -2.66. The van der Waals surface area contributed by atoms with Gasteiger partial charge in [-0.15, -0.1) is 0 Å². The fraction of sp³-hybridized carbons (Fsp3) is 0.556. The third-order valence-electron chi connectivity index (χ3n) is 5.51. The van der Waals surface area contributed by atoms with Crippen LogP contribution < -0.4 is 15.5 Å². The van der Waals surface area contributed by atoms with Crippen LogP contribution in [0.1, 0.15) is 12.1 Å². The van der Waals surface area contributed by atoms with Crippen molar-refractivity contribution in [3.63, 3.8) is 0 Å². The van der Waals surface area contributed by atoms with Crippen LogP contribution in [-0.4, -0.2) is 72.5 Å². The number of halogens is 2. The first-order valence-corrected chi connectivity index (χ1v) is 9.48. The van der Waals surface area contributed by atoms with E-state index in [1.807, 2.05) is 4.90 Å². The molecule has 0 aromatic carbocycles. The molecule has 3 fully saturated rings. The Bertz CT molecular complexity index is 911. The Morgan fingerprint density at radius 1 is 1.03 bits per heavy atom. The van der Waals surface area contributed by atoms with Crippen molar-refractivity contribution in [1.82, 2.24) is 19.9 Å². The highest BCUT2D eigenvalue weighted by molar-refractivity contribution is 5.67. The van der Waals surface area contributed by atoms with Crippen LogP contribution in [0.15, 0.2) is 12.3 Å². The number of nitrogens with two attached hydrogens (primary N) is 1. The van der Waals surface area contributed by atoms with Gasteiger partial charge < -0.3 is 25.0 Å². The van der Waals surface area contributed by atoms with E-state index in [9.17, 15) is 8.78 Å². The number of morpholine rings is 1.